The first-order valence-corrected chi connectivity index (χ1v) is 7.95. The predicted octanol–water partition coefficient (Wildman–Crippen LogP) is 3.64. The topological polar surface area (TPSA) is 121 Å². The number of rotatable bonds is 5. The molecular formula is C18H20N2O7. The van der Waals surface area contributed by atoms with Crippen LogP contribution in [0.4, 0.5) is 11.6 Å². The fourth-order valence-electron chi connectivity index (χ4n) is 2.39. The summed E-state index contributed by atoms with van der Waals surface area (Å²) in [5.41, 5.74) is -0.460. The summed E-state index contributed by atoms with van der Waals surface area (Å²) >= 11 is 0. The fraction of sp³-hybridized carbons (Fsp3) is 0.333. The molecule has 2 aromatic rings. The Labute approximate surface area is 155 Å². The summed E-state index contributed by atoms with van der Waals surface area (Å²) in [7, 11) is 2.36. The maximum absolute atomic E-state index is 12.4. The molecule has 0 fully saturated rings. The van der Waals surface area contributed by atoms with Crippen molar-refractivity contribution in [1.82, 2.24) is 0 Å². The van der Waals surface area contributed by atoms with E-state index < -0.39 is 22.4 Å². The van der Waals surface area contributed by atoms with Gasteiger partial charge in [-0.15, -0.1) is 0 Å². The van der Waals surface area contributed by atoms with Crippen molar-refractivity contribution in [1.29, 1.82) is 0 Å². The van der Waals surface area contributed by atoms with Crippen molar-refractivity contribution in [2.24, 2.45) is 0 Å². The molecule has 0 radical (unpaired) electrons. The van der Waals surface area contributed by atoms with Gasteiger partial charge in [0.1, 0.15) is 11.1 Å². The molecule has 0 aliphatic heterocycles. The summed E-state index contributed by atoms with van der Waals surface area (Å²) in [4.78, 5) is 35.0. The summed E-state index contributed by atoms with van der Waals surface area (Å²) in [5.74, 6) is -1.49. The van der Waals surface area contributed by atoms with E-state index in [1.807, 2.05) is 20.8 Å². The molecule has 1 heterocycles. The van der Waals surface area contributed by atoms with Gasteiger partial charge in [-0.2, -0.15) is 0 Å². The van der Waals surface area contributed by atoms with E-state index >= 15 is 0 Å². The molecule has 9 nitrogen and oxygen atoms in total. The van der Waals surface area contributed by atoms with E-state index in [1.54, 1.807) is 0 Å². The van der Waals surface area contributed by atoms with Crippen molar-refractivity contribution in [2.75, 3.05) is 19.5 Å². The molecule has 1 aromatic heterocycles. The van der Waals surface area contributed by atoms with E-state index in [1.165, 1.54) is 38.5 Å². The zero-order valence-corrected chi connectivity index (χ0v) is 15.6. The molecule has 0 saturated carbocycles. The number of hydrogen-bond acceptors (Lipinski definition) is 8. The average molecular weight is 376 g/mol. The van der Waals surface area contributed by atoms with Gasteiger partial charge in [0.15, 0.2) is 5.76 Å². The van der Waals surface area contributed by atoms with Crippen molar-refractivity contribution >= 4 is 23.5 Å². The molecule has 1 N–H and O–H groups in total. The van der Waals surface area contributed by atoms with Crippen LogP contribution in [-0.2, 0) is 9.47 Å². The Hall–Kier alpha value is -3.36. The molecule has 0 atom stereocenters. The second-order valence-electron chi connectivity index (χ2n) is 6.67. The molecule has 0 unspecified atom stereocenters. The van der Waals surface area contributed by atoms with Gasteiger partial charge in [-0.3, -0.25) is 10.1 Å². The van der Waals surface area contributed by atoms with Crippen LogP contribution < -0.4 is 5.32 Å². The highest BCUT2D eigenvalue weighted by Gasteiger charge is 2.33. The van der Waals surface area contributed by atoms with E-state index in [9.17, 15) is 19.7 Å². The lowest BCUT2D eigenvalue weighted by molar-refractivity contribution is -0.384. The highest BCUT2D eigenvalue weighted by molar-refractivity contribution is 6.10. The van der Waals surface area contributed by atoms with Crippen LogP contribution in [0.25, 0.3) is 11.3 Å². The highest BCUT2D eigenvalue weighted by Crippen LogP contribution is 2.37. The minimum Gasteiger partial charge on any atom is -0.465 e. The maximum atomic E-state index is 12.4. The molecule has 1 aromatic carbocycles. The summed E-state index contributed by atoms with van der Waals surface area (Å²) in [6.45, 7) is 5.54. The van der Waals surface area contributed by atoms with Crippen LogP contribution in [0.1, 0.15) is 41.5 Å². The molecule has 0 aliphatic rings. The summed E-state index contributed by atoms with van der Waals surface area (Å²) in [6.07, 6.45) is 0. The number of carbonyl (C=O) groups is 2. The van der Waals surface area contributed by atoms with Crippen molar-refractivity contribution < 1.29 is 28.4 Å². The largest absolute Gasteiger partial charge is 0.465 e. The second kappa shape index (κ2) is 7.48. The molecule has 0 bridgehead atoms. The van der Waals surface area contributed by atoms with Crippen LogP contribution in [0.15, 0.2) is 28.7 Å². The third kappa shape index (κ3) is 4.25. The lowest BCUT2D eigenvalue weighted by Gasteiger charge is -2.20. The molecular weight excluding hydrogens is 356 g/mol. The molecule has 0 amide bonds. The number of nitrogens with zero attached hydrogens (tertiary/aromatic N) is 1. The number of esters is 2. The minimum atomic E-state index is -0.797. The van der Waals surface area contributed by atoms with Crippen LogP contribution >= 0.6 is 0 Å². The highest BCUT2D eigenvalue weighted by atomic mass is 16.6. The zero-order chi connectivity index (χ0) is 20.4. The van der Waals surface area contributed by atoms with Gasteiger partial charge in [0.25, 0.3) is 5.69 Å². The first kappa shape index (κ1) is 20.0. The van der Waals surface area contributed by atoms with Crippen molar-refractivity contribution in [3.63, 3.8) is 0 Å². The van der Waals surface area contributed by atoms with E-state index in [-0.39, 0.29) is 28.5 Å². The Bertz CT molecular complexity index is 876. The Morgan fingerprint density at radius 3 is 2.00 bits per heavy atom. The lowest BCUT2D eigenvalue weighted by Crippen LogP contribution is -2.27. The number of benzene rings is 1. The molecule has 0 aliphatic carbocycles. The van der Waals surface area contributed by atoms with E-state index in [2.05, 4.69) is 5.32 Å². The lowest BCUT2D eigenvalue weighted by atomic mass is 10.0. The van der Waals surface area contributed by atoms with Crippen LogP contribution in [-0.4, -0.2) is 36.6 Å². The Morgan fingerprint density at radius 1 is 1.04 bits per heavy atom. The number of hydrogen-bond donors (Lipinski definition) is 1. The molecule has 9 heteroatoms. The van der Waals surface area contributed by atoms with E-state index in [0.717, 1.165) is 0 Å². The van der Waals surface area contributed by atoms with E-state index in [4.69, 9.17) is 13.9 Å². The molecule has 0 saturated heterocycles. The number of anilines is 1. The number of methoxy groups -OCH3 is 2. The molecule has 27 heavy (non-hydrogen) atoms. The van der Waals surface area contributed by atoms with Crippen molar-refractivity contribution in [3.8, 4) is 11.3 Å². The van der Waals surface area contributed by atoms with Crippen molar-refractivity contribution in [2.45, 2.75) is 26.3 Å². The van der Waals surface area contributed by atoms with Crippen molar-refractivity contribution in [3.05, 3.63) is 45.5 Å². The summed E-state index contributed by atoms with van der Waals surface area (Å²) in [5, 5.41) is 13.9. The Kier molecular flexibility index (Phi) is 5.53. The zero-order valence-electron chi connectivity index (χ0n) is 15.6. The Morgan fingerprint density at radius 2 is 1.56 bits per heavy atom. The number of nitro benzene ring substituents is 1. The van der Waals surface area contributed by atoms with Gasteiger partial charge < -0.3 is 19.2 Å². The Balaban J connectivity index is 2.73. The van der Waals surface area contributed by atoms with Crippen LogP contribution in [0.5, 0.6) is 0 Å². The van der Waals surface area contributed by atoms with Crippen LogP contribution in [0.3, 0.4) is 0 Å². The molecule has 144 valence electrons. The van der Waals surface area contributed by atoms with Gasteiger partial charge in [0.2, 0.25) is 5.88 Å². The fourth-order valence-corrected chi connectivity index (χ4v) is 2.39. The van der Waals surface area contributed by atoms with Gasteiger partial charge >= 0.3 is 11.9 Å². The maximum Gasteiger partial charge on any atom is 0.344 e. The molecule has 2 rings (SSSR count). The number of ether oxygens (including phenoxy) is 2. The monoisotopic (exact) mass is 376 g/mol. The standard InChI is InChI=1S/C18H20N2O7/c1-18(2,3)19-15-13(17(22)26-5)12(16(21)25-4)14(27-15)10-6-8-11(9-7-10)20(23)24/h6-9,19H,1-5H3. The number of furan rings is 1. The minimum absolute atomic E-state index is 0.0445. The quantitative estimate of drug-likeness (QED) is 0.477. The first-order valence-electron chi connectivity index (χ1n) is 7.95. The van der Waals surface area contributed by atoms with Crippen LogP contribution in [0.2, 0.25) is 0 Å². The number of non-ortho nitro benzene ring substituents is 1. The predicted molar refractivity (Wildman–Crippen MR) is 96.9 cm³/mol. The number of nitrogens with one attached hydrogen (secondary N) is 1. The number of carbonyl (C=O) groups excluding carboxylic acids is 2. The van der Waals surface area contributed by atoms with Gasteiger partial charge in [-0.05, 0) is 32.9 Å². The van der Waals surface area contributed by atoms with Gasteiger partial charge in [-0.25, -0.2) is 9.59 Å². The van der Waals surface area contributed by atoms with E-state index in [0.29, 0.717) is 5.56 Å². The normalized spacial score (nSPS) is 11.0. The third-order valence-electron chi connectivity index (χ3n) is 3.52. The SMILES string of the molecule is COC(=O)c1c(NC(C)(C)C)oc(-c2ccc([N+](=O)[O-])cc2)c1C(=O)OC. The summed E-state index contributed by atoms with van der Waals surface area (Å²) < 4.78 is 15.4. The van der Waals surface area contributed by atoms with Gasteiger partial charge in [0.05, 0.1) is 19.1 Å². The van der Waals surface area contributed by atoms with Crippen LogP contribution in [0, 0.1) is 10.1 Å². The summed E-state index contributed by atoms with van der Waals surface area (Å²) in [6, 6.07) is 5.39. The van der Waals surface area contributed by atoms with Gasteiger partial charge in [0, 0.05) is 23.2 Å². The van der Waals surface area contributed by atoms with Gasteiger partial charge in [-0.1, -0.05) is 0 Å². The number of nitro groups is 1. The third-order valence-corrected chi connectivity index (χ3v) is 3.52. The average Bonchev–Trinajstić information content (AvgIpc) is 2.97. The first-order chi connectivity index (χ1) is 12.6. The smallest absolute Gasteiger partial charge is 0.344 e. The molecule has 0 spiro atoms. The second-order valence-corrected chi connectivity index (χ2v) is 6.67.